The Kier molecular flexibility index (Phi) is 5.27. The van der Waals surface area contributed by atoms with Gasteiger partial charge in [0.05, 0.1) is 16.0 Å². The van der Waals surface area contributed by atoms with E-state index in [1.807, 2.05) is 24.3 Å². The third-order valence-corrected chi connectivity index (χ3v) is 6.10. The first kappa shape index (κ1) is 16.0. The largest absolute Gasteiger partial charge is 0.313 e. The predicted molar refractivity (Wildman–Crippen MR) is 86.7 cm³/mol. The molecular formula is C16H24ClNOS. The molecule has 0 radical (unpaired) electrons. The molecule has 1 aromatic carbocycles. The average molecular weight is 314 g/mol. The Morgan fingerprint density at radius 1 is 1.45 bits per heavy atom. The lowest BCUT2D eigenvalue weighted by Crippen LogP contribution is -2.48. The van der Waals surface area contributed by atoms with E-state index in [4.69, 9.17) is 11.6 Å². The van der Waals surface area contributed by atoms with E-state index in [1.165, 1.54) is 6.42 Å². The molecule has 0 bridgehead atoms. The predicted octanol–water partition coefficient (Wildman–Crippen LogP) is 4.00. The summed E-state index contributed by atoms with van der Waals surface area (Å²) < 4.78 is 12.9. The molecule has 0 saturated heterocycles. The second kappa shape index (κ2) is 6.59. The third-order valence-electron chi connectivity index (χ3n) is 4.10. The molecule has 1 aliphatic carbocycles. The molecule has 0 amide bonds. The van der Waals surface area contributed by atoms with Crippen molar-refractivity contribution in [3.63, 3.8) is 0 Å². The van der Waals surface area contributed by atoms with Crippen LogP contribution in [-0.2, 0) is 10.8 Å². The fourth-order valence-corrected chi connectivity index (χ4v) is 5.20. The van der Waals surface area contributed by atoms with Gasteiger partial charge in [-0.15, -0.1) is 0 Å². The number of rotatable bonds is 4. The van der Waals surface area contributed by atoms with Gasteiger partial charge in [-0.05, 0) is 49.4 Å². The van der Waals surface area contributed by atoms with E-state index in [9.17, 15) is 4.21 Å². The number of benzene rings is 1. The first-order chi connectivity index (χ1) is 9.43. The zero-order valence-electron chi connectivity index (χ0n) is 12.5. The second-order valence-electron chi connectivity index (χ2n) is 6.36. The van der Waals surface area contributed by atoms with Crippen LogP contribution >= 0.6 is 11.6 Å². The van der Waals surface area contributed by atoms with Gasteiger partial charge < -0.3 is 5.32 Å². The molecule has 2 nitrogen and oxygen atoms in total. The van der Waals surface area contributed by atoms with Crippen LogP contribution in [0.25, 0.3) is 0 Å². The Balaban J connectivity index is 2.23. The summed E-state index contributed by atoms with van der Waals surface area (Å²) in [6.45, 7) is 7.59. The van der Waals surface area contributed by atoms with Gasteiger partial charge in [-0.2, -0.15) is 0 Å². The first-order valence-corrected chi connectivity index (χ1v) is 8.91. The Labute approximate surface area is 129 Å². The van der Waals surface area contributed by atoms with Crippen molar-refractivity contribution in [3.8, 4) is 0 Å². The molecule has 0 spiro atoms. The molecule has 112 valence electrons. The van der Waals surface area contributed by atoms with Crippen LogP contribution in [0.4, 0.5) is 0 Å². The van der Waals surface area contributed by atoms with E-state index in [0.29, 0.717) is 11.1 Å². The van der Waals surface area contributed by atoms with Crippen molar-refractivity contribution in [3.05, 3.63) is 29.3 Å². The highest BCUT2D eigenvalue weighted by Gasteiger charge is 2.38. The molecule has 20 heavy (non-hydrogen) atoms. The van der Waals surface area contributed by atoms with Crippen molar-refractivity contribution >= 4 is 22.4 Å². The summed E-state index contributed by atoms with van der Waals surface area (Å²) in [5.74, 6) is 0. The molecule has 1 saturated carbocycles. The van der Waals surface area contributed by atoms with Gasteiger partial charge in [-0.25, -0.2) is 0 Å². The summed E-state index contributed by atoms with van der Waals surface area (Å²) in [5, 5.41) is 4.33. The van der Waals surface area contributed by atoms with Crippen molar-refractivity contribution in [2.45, 2.75) is 56.2 Å². The molecule has 0 heterocycles. The van der Waals surface area contributed by atoms with Crippen LogP contribution in [0.1, 0.15) is 40.0 Å². The highest BCUT2D eigenvalue weighted by Crippen LogP contribution is 2.38. The summed E-state index contributed by atoms with van der Waals surface area (Å²) in [7, 11) is -1.01. The van der Waals surface area contributed by atoms with Gasteiger partial charge in [0.2, 0.25) is 0 Å². The molecule has 1 fully saturated rings. The normalized spacial score (nSPS) is 27.2. The molecule has 3 unspecified atom stereocenters. The topological polar surface area (TPSA) is 29.1 Å². The number of nitrogens with one attached hydrogen (secondary N) is 1. The maximum atomic E-state index is 12.9. The van der Waals surface area contributed by atoms with Crippen LogP contribution in [-0.4, -0.2) is 22.0 Å². The van der Waals surface area contributed by atoms with E-state index < -0.39 is 10.8 Å². The summed E-state index contributed by atoms with van der Waals surface area (Å²) in [4.78, 5) is 0.850. The molecular weight excluding hydrogens is 290 g/mol. The maximum absolute atomic E-state index is 12.9. The van der Waals surface area contributed by atoms with E-state index >= 15 is 0 Å². The molecule has 0 aromatic heterocycles. The van der Waals surface area contributed by atoms with Crippen LogP contribution in [0.3, 0.4) is 0 Å². The molecule has 4 heteroatoms. The average Bonchev–Trinajstić information content (AvgIpc) is 2.40. The quantitative estimate of drug-likeness (QED) is 0.910. The van der Waals surface area contributed by atoms with Gasteiger partial charge in [0, 0.05) is 16.0 Å². The van der Waals surface area contributed by atoms with Gasteiger partial charge in [0.1, 0.15) is 0 Å². The number of hydrogen-bond donors (Lipinski definition) is 1. The monoisotopic (exact) mass is 313 g/mol. The van der Waals surface area contributed by atoms with Crippen LogP contribution in [0.5, 0.6) is 0 Å². The Morgan fingerprint density at radius 2 is 2.20 bits per heavy atom. The minimum absolute atomic E-state index is 0.164. The summed E-state index contributed by atoms with van der Waals surface area (Å²) >= 11 is 6.03. The van der Waals surface area contributed by atoms with Crippen LogP contribution < -0.4 is 5.32 Å². The minimum atomic E-state index is -1.01. The first-order valence-electron chi connectivity index (χ1n) is 7.32. The molecule has 0 aliphatic heterocycles. The van der Waals surface area contributed by atoms with Crippen LogP contribution in [0, 0.1) is 5.41 Å². The molecule has 1 N–H and O–H groups in total. The second-order valence-corrected chi connectivity index (χ2v) is 8.47. The van der Waals surface area contributed by atoms with E-state index in [2.05, 4.69) is 26.1 Å². The smallest absolute Gasteiger partial charge is 0.0577 e. The fourth-order valence-electron chi connectivity index (χ4n) is 3.01. The van der Waals surface area contributed by atoms with Gasteiger partial charge in [0.15, 0.2) is 0 Å². The van der Waals surface area contributed by atoms with Crippen LogP contribution in [0.15, 0.2) is 29.2 Å². The Hall–Kier alpha value is -0.380. The van der Waals surface area contributed by atoms with Gasteiger partial charge in [0.25, 0.3) is 0 Å². The molecule has 3 atom stereocenters. The number of hydrogen-bond acceptors (Lipinski definition) is 2. The maximum Gasteiger partial charge on any atom is 0.0577 e. The van der Waals surface area contributed by atoms with Crippen molar-refractivity contribution in [2.24, 2.45) is 5.41 Å². The summed E-state index contributed by atoms with van der Waals surface area (Å²) in [5.41, 5.74) is 0.269. The van der Waals surface area contributed by atoms with Crippen molar-refractivity contribution in [1.82, 2.24) is 5.32 Å². The molecule has 1 aliphatic rings. The van der Waals surface area contributed by atoms with Crippen molar-refractivity contribution < 1.29 is 4.21 Å². The highest BCUT2D eigenvalue weighted by molar-refractivity contribution is 7.85. The Bertz CT molecular complexity index is 489. The molecule has 1 aromatic rings. The SMILES string of the molecule is CCNC1CCC(C)(C)CC1S(=O)c1cccc(Cl)c1. The lowest BCUT2D eigenvalue weighted by atomic mass is 9.75. The zero-order valence-corrected chi connectivity index (χ0v) is 14.1. The molecule has 2 rings (SSSR count). The summed E-state index contributed by atoms with van der Waals surface area (Å²) in [6, 6.07) is 7.81. The van der Waals surface area contributed by atoms with Gasteiger partial charge >= 0.3 is 0 Å². The lowest BCUT2D eigenvalue weighted by molar-refractivity contribution is 0.213. The van der Waals surface area contributed by atoms with Gasteiger partial charge in [-0.1, -0.05) is 38.4 Å². The zero-order chi connectivity index (χ0) is 14.8. The highest BCUT2D eigenvalue weighted by atomic mass is 35.5. The third kappa shape index (κ3) is 3.84. The van der Waals surface area contributed by atoms with Crippen molar-refractivity contribution in [2.75, 3.05) is 6.54 Å². The van der Waals surface area contributed by atoms with E-state index in [-0.39, 0.29) is 10.7 Å². The fraction of sp³-hybridized carbons (Fsp3) is 0.625. The standard InChI is InChI=1S/C16H24ClNOS/c1-4-18-14-8-9-16(2,3)11-15(14)20(19)13-7-5-6-12(17)10-13/h5-7,10,14-15,18H,4,8-9,11H2,1-3H3. The van der Waals surface area contributed by atoms with E-state index in [0.717, 1.165) is 24.3 Å². The minimum Gasteiger partial charge on any atom is -0.313 e. The Morgan fingerprint density at radius 3 is 2.85 bits per heavy atom. The summed E-state index contributed by atoms with van der Waals surface area (Å²) in [6.07, 6.45) is 3.27. The van der Waals surface area contributed by atoms with Crippen LogP contribution in [0.2, 0.25) is 5.02 Å². The number of halogens is 1. The van der Waals surface area contributed by atoms with Crippen molar-refractivity contribution in [1.29, 1.82) is 0 Å². The van der Waals surface area contributed by atoms with Gasteiger partial charge in [-0.3, -0.25) is 4.21 Å². The lowest BCUT2D eigenvalue weighted by Gasteiger charge is -2.40. The van der Waals surface area contributed by atoms with E-state index in [1.54, 1.807) is 0 Å².